The van der Waals surface area contributed by atoms with Crippen LogP contribution in [0.1, 0.15) is 24.5 Å². The number of nitriles is 1. The van der Waals surface area contributed by atoms with Gasteiger partial charge >= 0.3 is 12.1 Å². The summed E-state index contributed by atoms with van der Waals surface area (Å²) in [7, 11) is 0. The van der Waals surface area contributed by atoms with E-state index in [2.05, 4.69) is 4.98 Å². The molecular formula is C16H11F3N2O2S2. The quantitative estimate of drug-likeness (QED) is 0.730. The summed E-state index contributed by atoms with van der Waals surface area (Å²) in [5.74, 6) is -0.502. The van der Waals surface area contributed by atoms with Crippen LogP contribution in [0.5, 0.6) is 0 Å². The van der Waals surface area contributed by atoms with Crippen molar-refractivity contribution >= 4 is 29.1 Å². The molecule has 2 aromatic heterocycles. The fraction of sp³-hybridized carbons (Fsp3) is 0.312. The van der Waals surface area contributed by atoms with Gasteiger partial charge < -0.3 is 4.74 Å². The molecule has 0 amide bonds. The van der Waals surface area contributed by atoms with Crippen molar-refractivity contribution in [3.8, 4) is 16.6 Å². The van der Waals surface area contributed by atoms with Gasteiger partial charge in [-0.3, -0.25) is 4.79 Å². The highest BCUT2D eigenvalue weighted by Crippen LogP contribution is 2.41. The molecule has 0 spiro atoms. The van der Waals surface area contributed by atoms with Crippen molar-refractivity contribution < 1.29 is 22.7 Å². The maximum Gasteiger partial charge on any atom is 0.417 e. The molecule has 0 aliphatic carbocycles. The molecule has 9 heteroatoms. The number of thioether (sulfide) groups is 1. The summed E-state index contributed by atoms with van der Waals surface area (Å²) in [5, 5.41) is 10.2. The van der Waals surface area contributed by atoms with Crippen LogP contribution in [0.15, 0.2) is 28.6 Å². The standard InChI is InChI=1S/C16H11F3N2O2S2/c1-8-5-13(15(22)23-8)25-14-9(7-20)10(16(17,18)19)6-11(21-14)12-3-2-4-24-12/h2-4,6,8,13H,5H2,1H3/t8-,13-/m1/s1. The van der Waals surface area contributed by atoms with E-state index in [-0.39, 0.29) is 16.8 Å². The van der Waals surface area contributed by atoms with Gasteiger partial charge in [-0.1, -0.05) is 17.8 Å². The normalized spacial score (nSPS) is 20.4. The van der Waals surface area contributed by atoms with Crippen LogP contribution in [0.2, 0.25) is 0 Å². The number of hydrogen-bond acceptors (Lipinski definition) is 6. The van der Waals surface area contributed by atoms with E-state index in [1.54, 1.807) is 30.5 Å². The van der Waals surface area contributed by atoms with Crippen LogP contribution < -0.4 is 0 Å². The molecule has 0 radical (unpaired) electrons. The predicted octanol–water partition coefficient (Wildman–Crippen LogP) is 4.50. The van der Waals surface area contributed by atoms with Crippen molar-refractivity contribution in [2.75, 3.05) is 0 Å². The Labute approximate surface area is 149 Å². The van der Waals surface area contributed by atoms with Gasteiger partial charge in [0.2, 0.25) is 0 Å². The summed E-state index contributed by atoms with van der Waals surface area (Å²) in [4.78, 5) is 16.6. The van der Waals surface area contributed by atoms with E-state index in [9.17, 15) is 23.2 Å². The van der Waals surface area contributed by atoms with Gasteiger partial charge in [0, 0.05) is 6.42 Å². The molecule has 3 heterocycles. The van der Waals surface area contributed by atoms with Gasteiger partial charge in [0.15, 0.2) is 0 Å². The first-order valence-corrected chi connectivity index (χ1v) is 8.99. The van der Waals surface area contributed by atoms with Gasteiger partial charge in [-0.25, -0.2) is 4.98 Å². The second kappa shape index (κ2) is 6.69. The zero-order chi connectivity index (χ0) is 18.2. The summed E-state index contributed by atoms with van der Waals surface area (Å²) >= 11 is 2.10. The van der Waals surface area contributed by atoms with Crippen LogP contribution in [0, 0.1) is 11.3 Å². The lowest BCUT2D eigenvalue weighted by Crippen LogP contribution is -2.13. The summed E-state index contributed by atoms with van der Waals surface area (Å²) in [6.07, 6.45) is -4.64. The van der Waals surface area contributed by atoms with E-state index in [0.717, 1.165) is 17.8 Å². The number of pyridine rings is 1. The Kier molecular flexibility index (Phi) is 4.75. The molecule has 25 heavy (non-hydrogen) atoms. The molecule has 130 valence electrons. The van der Waals surface area contributed by atoms with Crippen molar-refractivity contribution in [2.24, 2.45) is 0 Å². The van der Waals surface area contributed by atoms with E-state index >= 15 is 0 Å². The molecule has 1 aliphatic heterocycles. The number of ether oxygens (including phenoxy) is 1. The number of carbonyl (C=O) groups is 1. The molecule has 2 aromatic rings. The highest BCUT2D eigenvalue weighted by Gasteiger charge is 2.38. The largest absolute Gasteiger partial charge is 0.462 e. The van der Waals surface area contributed by atoms with Crippen molar-refractivity contribution in [3.05, 3.63) is 34.7 Å². The minimum absolute atomic E-state index is 0.100. The first kappa shape index (κ1) is 17.8. The Balaban J connectivity index is 2.10. The molecule has 3 rings (SSSR count). The van der Waals surface area contributed by atoms with Gasteiger partial charge in [0.1, 0.15) is 22.4 Å². The number of halogens is 3. The van der Waals surface area contributed by atoms with Crippen molar-refractivity contribution in [2.45, 2.75) is 35.9 Å². The Bertz CT molecular complexity index is 844. The van der Waals surface area contributed by atoms with E-state index < -0.39 is 28.5 Å². The molecule has 0 bridgehead atoms. The predicted molar refractivity (Wildman–Crippen MR) is 87.1 cm³/mol. The van der Waals surface area contributed by atoms with Gasteiger partial charge in [0.05, 0.1) is 21.7 Å². The maximum absolute atomic E-state index is 13.4. The SMILES string of the molecule is C[C@@H]1C[C@@H](Sc2nc(-c3cccs3)cc(C(F)(F)F)c2C#N)C(=O)O1. The van der Waals surface area contributed by atoms with Crippen LogP contribution in [0.4, 0.5) is 13.2 Å². The molecule has 0 aromatic carbocycles. The molecule has 0 N–H and O–H groups in total. The van der Waals surface area contributed by atoms with Crippen LogP contribution >= 0.6 is 23.1 Å². The highest BCUT2D eigenvalue weighted by atomic mass is 32.2. The average molecular weight is 384 g/mol. The van der Waals surface area contributed by atoms with Crippen LogP contribution in [-0.4, -0.2) is 22.3 Å². The van der Waals surface area contributed by atoms with Crippen molar-refractivity contribution in [1.29, 1.82) is 5.26 Å². The van der Waals surface area contributed by atoms with Crippen LogP contribution in [0.3, 0.4) is 0 Å². The molecular weight excluding hydrogens is 373 g/mol. The van der Waals surface area contributed by atoms with Gasteiger partial charge in [-0.2, -0.15) is 18.4 Å². The number of alkyl halides is 3. The van der Waals surface area contributed by atoms with E-state index in [0.29, 0.717) is 11.3 Å². The number of carbonyl (C=O) groups excluding carboxylic acids is 1. The summed E-state index contributed by atoms with van der Waals surface area (Å²) in [6, 6.07) is 5.83. The molecule has 1 saturated heterocycles. The third kappa shape index (κ3) is 3.65. The molecule has 4 nitrogen and oxygen atoms in total. The van der Waals surface area contributed by atoms with E-state index in [1.807, 2.05) is 0 Å². The third-order valence-corrected chi connectivity index (χ3v) is 5.64. The second-order valence-electron chi connectivity index (χ2n) is 5.41. The fourth-order valence-electron chi connectivity index (χ4n) is 2.44. The first-order valence-electron chi connectivity index (χ1n) is 7.23. The minimum Gasteiger partial charge on any atom is -0.462 e. The maximum atomic E-state index is 13.4. The Hall–Kier alpha value is -2.05. The van der Waals surface area contributed by atoms with E-state index in [4.69, 9.17) is 4.74 Å². The van der Waals surface area contributed by atoms with Crippen molar-refractivity contribution in [1.82, 2.24) is 4.98 Å². The number of rotatable bonds is 3. The Morgan fingerprint density at radius 1 is 1.48 bits per heavy atom. The van der Waals surface area contributed by atoms with Gasteiger partial charge in [0.25, 0.3) is 0 Å². The highest BCUT2D eigenvalue weighted by molar-refractivity contribution is 8.00. The van der Waals surface area contributed by atoms with E-state index in [1.165, 1.54) is 11.3 Å². The molecule has 1 aliphatic rings. The number of esters is 1. The molecule has 0 unspecified atom stereocenters. The monoisotopic (exact) mass is 384 g/mol. The smallest absolute Gasteiger partial charge is 0.417 e. The third-order valence-electron chi connectivity index (χ3n) is 3.56. The number of hydrogen-bond donors (Lipinski definition) is 0. The van der Waals surface area contributed by atoms with Gasteiger partial charge in [-0.05, 0) is 24.4 Å². The lowest BCUT2D eigenvalue weighted by Gasteiger charge is -2.14. The topological polar surface area (TPSA) is 63.0 Å². The van der Waals surface area contributed by atoms with Crippen molar-refractivity contribution in [3.63, 3.8) is 0 Å². The molecule has 1 fully saturated rings. The minimum atomic E-state index is -4.70. The van der Waals surface area contributed by atoms with Crippen LogP contribution in [0.25, 0.3) is 10.6 Å². The zero-order valence-electron chi connectivity index (χ0n) is 12.8. The summed E-state index contributed by atoms with van der Waals surface area (Å²) < 4.78 is 45.3. The summed E-state index contributed by atoms with van der Waals surface area (Å²) in [5.41, 5.74) is -1.48. The lowest BCUT2D eigenvalue weighted by atomic mass is 10.1. The lowest BCUT2D eigenvalue weighted by molar-refractivity contribution is -0.140. The Morgan fingerprint density at radius 2 is 2.24 bits per heavy atom. The first-order chi connectivity index (χ1) is 11.8. The van der Waals surface area contributed by atoms with Gasteiger partial charge in [-0.15, -0.1) is 11.3 Å². The molecule has 2 atom stereocenters. The number of nitrogens with zero attached hydrogens (tertiary/aromatic N) is 2. The summed E-state index contributed by atoms with van der Waals surface area (Å²) in [6.45, 7) is 1.71. The zero-order valence-corrected chi connectivity index (χ0v) is 14.5. The number of aromatic nitrogens is 1. The number of thiophene rings is 1. The van der Waals surface area contributed by atoms with Crippen LogP contribution in [-0.2, 0) is 15.7 Å². The fourth-order valence-corrected chi connectivity index (χ4v) is 4.34. The average Bonchev–Trinajstić information content (AvgIpc) is 3.16. The Morgan fingerprint density at radius 3 is 2.76 bits per heavy atom. The number of cyclic esters (lactones) is 1. The second-order valence-corrected chi connectivity index (χ2v) is 7.55. The molecule has 0 saturated carbocycles.